The molecule has 12 unspecified atom stereocenters. The van der Waals surface area contributed by atoms with E-state index < -0.39 is 86.8 Å². The number of amides is 1. The molecular weight excluding hydrogens is 847 g/mol. The summed E-state index contributed by atoms with van der Waals surface area (Å²) in [6.07, 6.45) is 28.6. The molecule has 0 aromatic carbocycles. The number of ether oxygens (including phenoxy) is 4. The van der Waals surface area contributed by atoms with Crippen molar-refractivity contribution in [2.75, 3.05) is 19.8 Å². The highest BCUT2D eigenvalue weighted by molar-refractivity contribution is 5.76. The molecule has 0 spiro atoms. The van der Waals surface area contributed by atoms with Gasteiger partial charge in [-0.1, -0.05) is 152 Å². The quantitative estimate of drug-likeness (QED) is 0.0227. The lowest BCUT2D eigenvalue weighted by Crippen LogP contribution is -2.65. The Labute approximate surface area is 397 Å². The van der Waals surface area contributed by atoms with Crippen LogP contribution in [0.25, 0.3) is 0 Å². The van der Waals surface area contributed by atoms with E-state index in [0.29, 0.717) is 12.8 Å². The number of hydrogen-bond donors (Lipinski definition) is 9. The Morgan fingerprint density at radius 1 is 0.530 bits per heavy atom. The summed E-state index contributed by atoms with van der Waals surface area (Å²) in [5, 5.41) is 86.7. The Morgan fingerprint density at radius 2 is 0.970 bits per heavy atom. The third kappa shape index (κ3) is 25.5. The highest BCUT2D eigenvalue weighted by Gasteiger charge is 2.51. The van der Waals surface area contributed by atoms with Crippen molar-refractivity contribution < 1.29 is 64.6 Å². The van der Waals surface area contributed by atoms with Crippen LogP contribution in [-0.4, -0.2) is 140 Å². The maximum absolute atomic E-state index is 13.2. The predicted octanol–water partition coefficient (Wildman–Crippen LogP) is 6.88. The summed E-state index contributed by atoms with van der Waals surface area (Å²) >= 11 is 0. The molecule has 14 heteroatoms. The molecule has 9 N–H and O–H groups in total. The molecule has 14 nitrogen and oxygen atoms in total. The van der Waals surface area contributed by atoms with Crippen LogP contribution in [0, 0.1) is 0 Å². The van der Waals surface area contributed by atoms with Crippen molar-refractivity contribution in [1.82, 2.24) is 5.32 Å². The molecule has 0 saturated carbocycles. The van der Waals surface area contributed by atoms with Crippen LogP contribution in [0.15, 0.2) is 48.6 Å². The molecule has 2 aliphatic rings. The van der Waals surface area contributed by atoms with Gasteiger partial charge in [0.05, 0.1) is 32.0 Å². The highest BCUT2D eigenvalue weighted by atomic mass is 16.7. The summed E-state index contributed by atoms with van der Waals surface area (Å²) in [5.74, 6) is -0.261. The van der Waals surface area contributed by atoms with Crippen LogP contribution in [0.2, 0.25) is 0 Å². The van der Waals surface area contributed by atoms with Gasteiger partial charge >= 0.3 is 0 Å². The van der Waals surface area contributed by atoms with E-state index in [1.807, 2.05) is 6.08 Å². The number of carbonyl (C=O) groups is 1. The van der Waals surface area contributed by atoms with Crippen molar-refractivity contribution in [3.05, 3.63) is 48.6 Å². The first-order valence-corrected chi connectivity index (χ1v) is 25.9. The lowest BCUT2D eigenvalue weighted by molar-refractivity contribution is -0.359. The zero-order chi connectivity index (χ0) is 48.2. The second-order valence-corrected chi connectivity index (χ2v) is 18.3. The van der Waals surface area contributed by atoms with Crippen molar-refractivity contribution in [3.8, 4) is 0 Å². The van der Waals surface area contributed by atoms with E-state index >= 15 is 0 Å². The zero-order valence-electron chi connectivity index (χ0n) is 40.7. The largest absolute Gasteiger partial charge is 0.394 e. The molecule has 0 bridgehead atoms. The SMILES string of the molecule is CCCCCCC/C=C/CC/C=C/CC/C=C/C(O)C(COC1OC(CO)C(OC2OC(CO)C(O)C(O)C2O)C(O)C1O)NC(=O)CCCCCCCCC/C=C\CCCCCCCC. The number of rotatable bonds is 39. The van der Waals surface area contributed by atoms with Gasteiger partial charge in [-0.15, -0.1) is 0 Å². The first-order valence-electron chi connectivity index (χ1n) is 25.9. The average molecular weight is 940 g/mol. The van der Waals surface area contributed by atoms with Crippen LogP contribution in [0.1, 0.15) is 181 Å². The number of nitrogens with one attached hydrogen (secondary N) is 1. The molecule has 1 amide bonds. The van der Waals surface area contributed by atoms with E-state index in [2.05, 4.69) is 55.6 Å². The first-order chi connectivity index (χ1) is 32.1. The van der Waals surface area contributed by atoms with Crippen molar-refractivity contribution in [1.29, 1.82) is 0 Å². The minimum atomic E-state index is -1.79. The summed E-state index contributed by atoms with van der Waals surface area (Å²) in [4.78, 5) is 13.2. The van der Waals surface area contributed by atoms with Crippen LogP contribution < -0.4 is 5.32 Å². The molecule has 12 atom stereocenters. The van der Waals surface area contributed by atoms with E-state index in [-0.39, 0.29) is 18.9 Å². The number of allylic oxidation sites excluding steroid dienone is 7. The van der Waals surface area contributed by atoms with Gasteiger partial charge < -0.3 is 65.1 Å². The van der Waals surface area contributed by atoms with Gasteiger partial charge in [-0.2, -0.15) is 0 Å². The monoisotopic (exact) mass is 940 g/mol. The standard InChI is InChI=1S/C52H93NO13/c1-3-5-7-9-11-13-15-17-19-20-22-24-26-28-30-32-34-36-44(57)53-40(41(56)35-33-31-29-27-25-23-21-18-16-14-12-10-8-6-4-2)39-63-51-49(62)47(60)50(43(38-55)65-51)66-52-48(61)46(59)45(58)42(37-54)64-52/h16-19,25,27,33,35,40-43,45-52,54-56,58-62H,3-15,20-24,26,28-32,34,36-39H2,1-2H3,(H,53,57)/b18-16+,19-17-,27-25+,35-33+. The molecule has 2 saturated heterocycles. The number of aliphatic hydroxyl groups is 8. The topological polar surface area (TPSA) is 228 Å². The summed E-state index contributed by atoms with van der Waals surface area (Å²) in [5.41, 5.74) is 0. The lowest BCUT2D eigenvalue weighted by Gasteiger charge is -2.46. The number of unbranched alkanes of at least 4 members (excludes halogenated alkanes) is 20. The molecule has 0 aromatic heterocycles. The molecule has 0 aromatic rings. The van der Waals surface area contributed by atoms with E-state index in [0.717, 1.165) is 51.4 Å². The summed E-state index contributed by atoms with van der Waals surface area (Å²) in [6.45, 7) is 2.73. The molecule has 2 heterocycles. The van der Waals surface area contributed by atoms with E-state index in [9.17, 15) is 45.6 Å². The minimum Gasteiger partial charge on any atom is -0.394 e. The summed E-state index contributed by atoms with van der Waals surface area (Å²) in [7, 11) is 0. The second-order valence-electron chi connectivity index (χ2n) is 18.3. The Kier molecular flexibility index (Phi) is 35.3. The van der Waals surface area contributed by atoms with Crippen molar-refractivity contribution in [3.63, 3.8) is 0 Å². The van der Waals surface area contributed by atoms with Gasteiger partial charge in [-0.3, -0.25) is 4.79 Å². The summed E-state index contributed by atoms with van der Waals surface area (Å²) < 4.78 is 22.7. The minimum absolute atomic E-state index is 0.261. The van der Waals surface area contributed by atoms with Crippen molar-refractivity contribution >= 4 is 5.91 Å². The van der Waals surface area contributed by atoms with Crippen molar-refractivity contribution in [2.45, 2.75) is 254 Å². The average Bonchev–Trinajstić information content (AvgIpc) is 3.31. The zero-order valence-corrected chi connectivity index (χ0v) is 40.7. The van der Waals surface area contributed by atoms with Gasteiger partial charge in [0, 0.05) is 6.42 Å². The molecule has 66 heavy (non-hydrogen) atoms. The Balaban J connectivity index is 1.87. The third-order valence-corrected chi connectivity index (χ3v) is 12.5. The normalized spacial score (nSPS) is 27.2. The van der Waals surface area contributed by atoms with E-state index in [1.54, 1.807) is 6.08 Å². The van der Waals surface area contributed by atoms with Gasteiger partial charge in [-0.05, 0) is 70.6 Å². The number of carbonyl (C=O) groups excluding carboxylic acids is 1. The molecular formula is C52H93NO13. The lowest BCUT2D eigenvalue weighted by atomic mass is 9.97. The Bertz CT molecular complexity index is 1290. The predicted molar refractivity (Wildman–Crippen MR) is 258 cm³/mol. The number of aliphatic hydroxyl groups excluding tert-OH is 8. The van der Waals surface area contributed by atoms with Gasteiger partial charge in [0.1, 0.15) is 48.8 Å². The molecule has 2 aliphatic heterocycles. The fourth-order valence-corrected chi connectivity index (χ4v) is 8.20. The van der Waals surface area contributed by atoms with Crippen LogP contribution in [0.5, 0.6) is 0 Å². The van der Waals surface area contributed by atoms with Gasteiger partial charge in [0.2, 0.25) is 5.91 Å². The number of hydrogen-bond acceptors (Lipinski definition) is 13. The van der Waals surface area contributed by atoms with E-state index in [4.69, 9.17) is 18.9 Å². The highest BCUT2D eigenvalue weighted by Crippen LogP contribution is 2.30. The van der Waals surface area contributed by atoms with Gasteiger partial charge in [0.25, 0.3) is 0 Å². The van der Waals surface area contributed by atoms with Gasteiger partial charge in [-0.25, -0.2) is 0 Å². The molecule has 2 rings (SSSR count). The maximum Gasteiger partial charge on any atom is 0.220 e. The fourth-order valence-electron chi connectivity index (χ4n) is 8.20. The van der Waals surface area contributed by atoms with Crippen LogP contribution in [-0.2, 0) is 23.7 Å². The van der Waals surface area contributed by atoms with Crippen LogP contribution >= 0.6 is 0 Å². The third-order valence-electron chi connectivity index (χ3n) is 12.5. The maximum atomic E-state index is 13.2. The van der Waals surface area contributed by atoms with Gasteiger partial charge in [0.15, 0.2) is 12.6 Å². The van der Waals surface area contributed by atoms with E-state index in [1.165, 1.54) is 96.3 Å². The van der Waals surface area contributed by atoms with Crippen LogP contribution in [0.3, 0.4) is 0 Å². The van der Waals surface area contributed by atoms with Crippen LogP contribution in [0.4, 0.5) is 0 Å². The smallest absolute Gasteiger partial charge is 0.220 e. The molecule has 384 valence electrons. The Hall–Kier alpha value is -2.05. The fraction of sp³-hybridized carbons (Fsp3) is 0.827. The Morgan fingerprint density at radius 3 is 1.48 bits per heavy atom. The second kappa shape index (κ2) is 38.8. The first kappa shape index (κ1) is 60.1. The molecule has 0 aliphatic carbocycles. The van der Waals surface area contributed by atoms with Crippen molar-refractivity contribution in [2.24, 2.45) is 0 Å². The summed E-state index contributed by atoms with van der Waals surface area (Å²) in [6, 6.07) is -0.939. The molecule has 2 fully saturated rings. The molecule has 0 radical (unpaired) electrons.